The summed E-state index contributed by atoms with van der Waals surface area (Å²) in [6, 6.07) is 17.2. The van der Waals surface area contributed by atoms with Crippen LogP contribution in [0.1, 0.15) is 29.8 Å². The summed E-state index contributed by atoms with van der Waals surface area (Å²) in [5.74, 6) is -0.294. The molecule has 0 spiro atoms. The minimum absolute atomic E-state index is 0.135. The van der Waals surface area contributed by atoms with Crippen molar-refractivity contribution >= 4 is 46.3 Å². The molecule has 2 aromatic carbocycles. The molecule has 1 amide bonds. The molecule has 1 aliphatic carbocycles. The lowest BCUT2D eigenvalue weighted by Gasteiger charge is -2.39. The van der Waals surface area contributed by atoms with Crippen LogP contribution in [0.2, 0.25) is 10.0 Å². The molecule has 0 atom stereocenters. The number of amides is 1. The van der Waals surface area contributed by atoms with E-state index < -0.39 is 11.3 Å². The lowest BCUT2D eigenvalue weighted by Crippen LogP contribution is -2.43. The van der Waals surface area contributed by atoms with Crippen LogP contribution in [0, 0.1) is 5.41 Å². The van der Waals surface area contributed by atoms with Crippen LogP contribution in [0.5, 0.6) is 0 Å². The first-order valence-electron chi connectivity index (χ1n) is 10.1. The molecule has 0 saturated heterocycles. The second-order valence-electron chi connectivity index (χ2n) is 8.11. The van der Waals surface area contributed by atoms with E-state index in [1.165, 1.54) is 12.4 Å². The number of halogens is 2. The SMILES string of the molecule is CC1(C)C(=O)C(Cc2ccccc2)=C1Nc1cccc(NC(=O)c2c(Cl)cncc2Cl)c1. The molecular formula is C25H21Cl2N3O2. The van der Waals surface area contributed by atoms with Crippen molar-refractivity contribution in [1.29, 1.82) is 0 Å². The van der Waals surface area contributed by atoms with Crippen LogP contribution < -0.4 is 10.6 Å². The number of hydrogen-bond donors (Lipinski definition) is 2. The number of allylic oxidation sites excluding steroid dienone is 2. The van der Waals surface area contributed by atoms with E-state index in [0.29, 0.717) is 12.1 Å². The standard InChI is InChI=1S/C25H21Cl2N3O2/c1-25(2)22(18(23(25)31)11-15-7-4-3-5-8-15)29-16-9-6-10-17(12-16)30-24(32)21-19(26)13-28-14-20(21)27/h3-10,12-14,29H,11H2,1-2H3,(H,30,32). The molecule has 2 N–H and O–H groups in total. The highest BCUT2D eigenvalue weighted by Gasteiger charge is 2.46. The van der Waals surface area contributed by atoms with Gasteiger partial charge in [-0.25, -0.2) is 0 Å². The summed E-state index contributed by atoms with van der Waals surface area (Å²) in [7, 11) is 0. The maximum Gasteiger partial charge on any atom is 0.258 e. The molecule has 32 heavy (non-hydrogen) atoms. The Morgan fingerprint density at radius 2 is 1.62 bits per heavy atom. The molecular weight excluding hydrogens is 445 g/mol. The predicted molar refractivity (Wildman–Crippen MR) is 128 cm³/mol. The van der Waals surface area contributed by atoms with Gasteiger partial charge >= 0.3 is 0 Å². The maximum atomic E-state index is 12.7. The van der Waals surface area contributed by atoms with E-state index in [1.807, 2.05) is 56.3 Å². The van der Waals surface area contributed by atoms with Gasteiger partial charge in [0.05, 0.1) is 21.0 Å². The van der Waals surface area contributed by atoms with Gasteiger partial charge in [0.1, 0.15) is 0 Å². The van der Waals surface area contributed by atoms with Crippen molar-refractivity contribution in [3.63, 3.8) is 0 Å². The van der Waals surface area contributed by atoms with Crippen LogP contribution in [0.15, 0.2) is 78.3 Å². The number of carbonyl (C=O) groups excluding carboxylic acids is 2. The molecule has 4 rings (SSSR count). The van der Waals surface area contributed by atoms with Crippen molar-refractivity contribution in [2.24, 2.45) is 5.41 Å². The number of nitrogens with zero attached hydrogens (tertiary/aromatic N) is 1. The highest BCUT2D eigenvalue weighted by molar-refractivity contribution is 6.40. The van der Waals surface area contributed by atoms with Gasteiger partial charge in [-0.1, -0.05) is 59.6 Å². The molecule has 0 unspecified atom stereocenters. The summed E-state index contributed by atoms with van der Waals surface area (Å²) in [4.78, 5) is 29.3. The van der Waals surface area contributed by atoms with Gasteiger partial charge in [0.15, 0.2) is 5.78 Å². The summed E-state index contributed by atoms with van der Waals surface area (Å²) in [6.07, 6.45) is 3.31. The Bertz CT molecular complexity index is 1220. The Morgan fingerprint density at radius 1 is 0.969 bits per heavy atom. The van der Waals surface area contributed by atoms with Crippen LogP contribution in [0.3, 0.4) is 0 Å². The van der Waals surface area contributed by atoms with Gasteiger partial charge in [-0.05, 0) is 37.6 Å². The summed E-state index contributed by atoms with van der Waals surface area (Å²) in [6.45, 7) is 3.82. The Morgan fingerprint density at radius 3 is 2.31 bits per heavy atom. The minimum atomic E-state index is -0.596. The molecule has 0 radical (unpaired) electrons. The summed E-state index contributed by atoms with van der Waals surface area (Å²) >= 11 is 12.2. The zero-order chi connectivity index (χ0) is 22.9. The molecule has 1 aromatic heterocycles. The third-order valence-electron chi connectivity index (χ3n) is 5.46. The van der Waals surface area contributed by atoms with Crippen molar-refractivity contribution in [2.75, 3.05) is 10.6 Å². The van der Waals surface area contributed by atoms with Crippen LogP contribution in [-0.2, 0) is 11.2 Å². The molecule has 3 aromatic rings. The molecule has 1 aliphatic rings. The van der Waals surface area contributed by atoms with Crippen LogP contribution >= 0.6 is 23.2 Å². The van der Waals surface area contributed by atoms with E-state index >= 15 is 0 Å². The number of carbonyl (C=O) groups is 2. The van der Waals surface area contributed by atoms with Crippen LogP contribution in [-0.4, -0.2) is 16.7 Å². The first-order valence-corrected chi connectivity index (χ1v) is 10.8. The first-order chi connectivity index (χ1) is 15.3. The van der Waals surface area contributed by atoms with Gasteiger partial charge in [0.25, 0.3) is 5.91 Å². The topological polar surface area (TPSA) is 71.1 Å². The Hall–Kier alpha value is -3.15. The van der Waals surface area contributed by atoms with Crippen molar-refractivity contribution in [3.05, 3.63) is 99.4 Å². The quantitative estimate of drug-likeness (QED) is 0.457. The lowest BCUT2D eigenvalue weighted by molar-refractivity contribution is -0.124. The minimum Gasteiger partial charge on any atom is -0.358 e. The molecule has 0 fully saturated rings. The van der Waals surface area contributed by atoms with E-state index in [0.717, 1.165) is 22.5 Å². The van der Waals surface area contributed by atoms with Gasteiger partial charge < -0.3 is 10.6 Å². The number of Topliss-reactive ketones (excluding diaryl/α,β-unsaturated/α-hetero) is 1. The van der Waals surface area contributed by atoms with Gasteiger partial charge in [-0.15, -0.1) is 0 Å². The number of pyridine rings is 1. The number of aromatic nitrogens is 1. The van der Waals surface area contributed by atoms with Crippen molar-refractivity contribution in [1.82, 2.24) is 4.98 Å². The first kappa shape index (κ1) is 22.1. The zero-order valence-corrected chi connectivity index (χ0v) is 19.1. The van der Waals surface area contributed by atoms with E-state index in [2.05, 4.69) is 15.6 Å². The smallest absolute Gasteiger partial charge is 0.258 e. The highest BCUT2D eigenvalue weighted by atomic mass is 35.5. The Balaban J connectivity index is 1.56. The van der Waals surface area contributed by atoms with Gasteiger partial charge in [0, 0.05) is 41.5 Å². The number of nitrogens with one attached hydrogen (secondary N) is 2. The number of rotatable bonds is 6. The fourth-order valence-electron chi connectivity index (χ4n) is 3.76. The van der Waals surface area contributed by atoms with Crippen LogP contribution in [0.25, 0.3) is 0 Å². The number of benzene rings is 2. The zero-order valence-electron chi connectivity index (χ0n) is 17.6. The van der Waals surface area contributed by atoms with Gasteiger partial charge in [-0.3, -0.25) is 14.6 Å². The molecule has 7 heteroatoms. The molecule has 162 valence electrons. The Kier molecular flexibility index (Phi) is 6.04. The molecule has 0 saturated carbocycles. The van der Waals surface area contributed by atoms with Crippen molar-refractivity contribution in [2.45, 2.75) is 20.3 Å². The molecule has 1 heterocycles. The number of hydrogen-bond acceptors (Lipinski definition) is 4. The maximum absolute atomic E-state index is 12.7. The van der Waals surface area contributed by atoms with Crippen molar-refractivity contribution in [3.8, 4) is 0 Å². The molecule has 0 bridgehead atoms. The van der Waals surface area contributed by atoms with Crippen LogP contribution in [0.4, 0.5) is 11.4 Å². The normalized spacial score (nSPS) is 14.7. The van der Waals surface area contributed by atoms with E-state index in [9.17, 15) is 9.59 Å². The fraction of sp³-hybridized carbons (Fsp3) is 0.160. The third kappa shape index (κ3) is 4.27. The monoisotopic (exact) mass is 465 g/mol. The molecule has 5 nitrogen and oxygen atoms in total. The fourth-order valence-corrected chi connectivity index (χ4v) is 4.30. The second kappa shape index (κ2) is 8.77. The third-order valence-corrected chi connectivity index (χ3v) is 6.04. The Labute approximate surface area is 196 Å². The molecule has 0 aliphatic heterocycles. The van der Waals surface area contributed by atoms with Gasteiger partial charge in [0.2, 0.25) is 0 Å². The van der Waals surface area contributed by atoms with Gasteiger partial charge in [-0.2, -0.15) is 0 Å². The second-order valence-corrected chi connectivity index (χ2v) is 8.92. The van der Waals surface area contributed by atoms with E-state index in [1.54, 1.807) is 12.1 Å². The summed E-state index contributed by atoms with van der Waals surface area (Å²) in [5, 5.41) is 6.55. The average molecular weight is 466 g/mol. The largest absolute Gasteiger partial charge is 0.358 e. The van der Waals surface area contributed by atoms with E-state index in [4.69, 9.17) is 23.2 Å². The summed E-state index contributed by atoms with van der Waals surface area (Å²) in [5.41, 5.74) is 3.63. The lowest BCUT2D eigenvalue weighted by atomic mass is 9.67. The summed E-state index contributed by atoms with van der Waals surface area (Å²) < 4.78 is 0. The van der Waals surface area contributed by atoms with Crippen molar-refractivity contribution < 1.29 is 9.59 Å². The van der Waals surface area contributed by atoms with E-state index in [-0.39, 0.29) is 21.4 Å². The number of ketones is 1. The predicted octanol–water partition coefficient (Wildman–Crippen LogP) is 6.16. The average Bonchev–Trinajstić information content (AvgIpc) is 2.77. The highest BCUT2D eigenvalue weighted by Crippen LogP contribution is 2.44. The number of anilines is 2.